The Labute approximate surface area is 203 Å². The fourth-order valence-electron chi connectivity index (χ4n) is 4.93. The third kappa shape index (κ3) is 6.22. The SMILES string of the molecule is c1ccc2cc(CN3CCNCCN(Cc4ccc5ccccc5c4)CCNCC3)ccc2c1. The second kappa shape index (κ2) is 11.6. The molecule has 0 unspecified atom stereocenters. The van der Waals surface area contributed by atoms with Crippen LogP contribution in [-0.2, 0) is 13.1 Å². The first-order valence-electron chi connectivity index (χ1n) is 12.6. The zero-order valence-electron chi connectivity index (χ0n) is 20.0. The van der Waals surface area contributed by atoms with Gasteiger partial charge in [0.1, 0.15) is 0 Å². The van der Waals surface area contributed by atoms with Crippen LogP contribution in [0.15, 0.2) is 84.9 Å². The quantitative estimate of drug-likeness (QED) is 0.478. The predicted octanol–water partition coefficient (Wildman–Crippen LogP) is 4.49. The molecular formula is C30H36N4. The monoisotopic (exact) mass is 452 g/mol. The van der Waals surface area contributed by atoms with E-state index in [1.54, 1.807) is 0 Å². The van der Waals surface area contributed by atoms with E-state index in [-0.39, 0.29) is 0 Å². The van der Waals surface area contributed by atoms with Crippen molar-refractivity contribution in [3.8, 4) is 0 Å². The molecule has 1 heterocycles. The van der Waals surface area contributed by atoms with Gasteiger partial charge in [0.25, 0.3) is 0 Å². The molecule has 4 nitrogen and oxygen atoms in total. The van der Waals surface area contributed by atoms with Gasteiger partial charge < -0.3 is 10.6 Å². The number of fused-ring (bicyclic) bond motifs is 2. The third-order valence-electron chi connectivity index (χ3n) is 6.86. The number of rotatable bonds is 4. The Kier molecular flexibility index (Phi) is 7.84. The van der Waals surface area contributed by atoms with Crippen LogP contribution in [0.3, 0.4) is 0 Å². The van der Waals surface area contributed by atoms with Crippen LogP contribution in [0.25, 0.3) is 21.5 Å². The van der Waals surface area contributed by atoms with Crippen LogP contribution >= 0.6 is 0 Å². The molecular weight excluding hydrogens is 416 g/mol. The average molecular weight is 453 g/mol. The van der Waals surface area contributed by atoms with Gasteiger partial charge in [-0.1, -0.05) is 72.8 Å². The van der Waals surface area contributed by atoms with Gasteiger partial charge in [0.05, 0.1) is 0 Å². The van der Waals surface area contributed by atoms with Crippen molar-refractivity contribution in [3.05, 3.63) is 96.1 Å². The topological polar surface area (TPSA) is 30.5 Å². The highest BCUT2D eigenvalue weighted by atomic mass is 15.2. The minimum Gasteiger partial charge on any atom is -0.314 e. The van der Waals surface area contributed by atoms with Gasteiger partial charge in [-0.3, -0.25) is 9.80 Å². The van der Waals surface area contributed by atoms with Crippen LogP contribution in [0, 0.1) is 0 Å². The third-order valence-corrected chi connectivity index (χ3v) is 6.86. The smallest absolute Gasteiger partial charge is 0.0235 e. The summed E-state index contributed by atoms with van der Waals surface area (Å²) in [6, 6.07) is 31.0. The minimum absolute atomic E-state index is 1.00. The molecule has 1 fully saturated rings. The summed E-state index contributed by atoms with van der Waals surface area (Å²) < 4.78 is 0. The van der Waals surface area contributed by atoms with E-state index in [2.05, 4.69) is 105 Å². The molecule has 1 aliphatic heterocycles. The summed E-state index contributed by atoms with van der Waals surface area (Å²) in [4.78, 5) is 5.14. The van der Waals surface area contributed by atoms with E-state index >= 15 is 0 Å². The van der Waals surface area contributed by atoms with Crippen molar-refractivity contribution in [3.63, 3.8) is 0 Å². The van der Waals surface area contributed by atoms with Crippen LogP contribution in [0.2, 0.25) is 0 Å². The van der Waals surface area contributed by atoms with Crippen LogP contribution in [-0.4, -0.2) is 62.2 Å². The van der Waals surface area contributed by atoms with Gasteiger partial charge >= 0.3 is 0 Å². The molecule has 5 rings (SSSR count). The van der Waals surface area contributed by atoms with Crippen molar-refractivity contribution < 1.29 is 0 Å². The van der Waals surface area contributed by atoms with Crippen LogP contribution < -0.4 is 10.6 Å². The van der Waals surface area contributed by atoms with E-state index in [1.807, 2.05) is 0 Å². The van der Waals surface area contributed by atoms with E-state index in [1.165, 1.54) is 32.7 Å². The molecule has 1 aliphatic rings. The van der Waals surface area contributed by atoms with E-state index in [0.717, 1.165) is 65.4 Å². The van der Waals surface area contributed by atoms with Crippen molar-refractivity contribution in [1.82, 2.24) is 20.4 Å². The summed E-state index contributed by atoms with van der Waals surface area (Å²) in [5.41, 5.74) is 2.79. The second-order valence-corrected chi connectivity index (χ2v) is 9.42. The molecule has 4 aromatic carbocycles. The van der Waals surface area contributed by atoms with Crippen molar-refractivity contribution in [2.45, 2.75) is 13.1 Å². The van der Waals surface area contributed by atoms with Crippen molar-refractivity contribution >= 4 is 21.5 Å². The largest absolute Gasteiger partial charge is 0.314 e. The number of nitrogens with zero attached hydrogens (tertiary/aromatic N) is 2. The average Bonchev–Trinajstić information content (AvgIpc) is 2.86. The number of benzene rings is 4. The minimum atomic E-state index is 1.00. The highest BCUT2D eigenvalue weighted by Crippen LogP contribution is 2.18. The maximum atomic E-state index is 3.69. The number of nitrogens with one attached hydrogen (secondary N) is 2. The lowest BCUT2D eigenvalue weighted by Crippen LogP contribution is -2.42. The fraction of sp³-hybridized carbons (Fsp3) is 0.333. The first kappa shape index (κ1) is 23.0. The fourth-order valence-corrected chi connectivity index (χ4v) is 4.93. The summed E-state index contributed by atoms with van der Waals surface area (Å²) in [5, 5.41) is 12.7. The molecule has 0 saturated carbocycles. The van der Waals surface area contributed by atoms with Gasteiger partial charge in [-0.2, -0.15) is 0 Å². The summed E-state index contributed by atoms with van der Waals surface area (Å²) in [7, 11) is 0. The highest BCUT2D eigenvalue weighted by Gasteiger charge is 2.10. The molecule has 4 heteroatoms. The van der Waals surface area contributed by atoms with E-state index in [9.17, 15) is 0 Å². The van der Waals surface area contributed by atoms with E-state index in [0.29, 0.717) is 0 Å². The molecule has 0 aliphatic carbocycles. The maximum Gasteiger partial charge on any atom is 0.0235 e. The van der Waals surface area contributed by atoms with Crippen molar-refractivity contribution in [2.75, 3.05) is 52.4 Å². The molecule has 0 atom stereocenters. The Morgan fingerprint density at radius 1 is 0.471 bits per heavy atom. The van der Waals surface area contributed by atoms with E-state index < -0.39 is 0 Å². The molecule has 34 heavy (non-hydrogen) atoms. The normalized spacial score (nSPS) is 17.4. The van der Waals surface area contributed by atoms with Crippen molar-refractivity contribution in [1.29, 1.82) is 0 Å². The highest BCUT2D eigenvalue weighted by molar-refractivity contribution is 5.83. The zero-order chi connectivity index (χ0) is 23.0. The molecule has 0 aromatic heterocycles. The Bertz CT molecular complexity index is 1100. The standard InChI is InChI=1S/C30H36N4/c1-3-7-29-21-25(9-11-27(29)5-1)23-33-17-13-31-15-19-34(20-16-32-14-18-33)24-26-10-12-28-6-2-4-8-30(28)22-26/h1-12,21-22,31-32H,13-20,23-24H2. The number of hydrogen-bond donors (Lipinski definition) is 2. The molecule has 1 saturated heterocycles. The molecule has 0 amide bonds. The summed E-state index contributed by atoms with van der Waals surface area (Å²) in [5.74, 6) is 0. The van der Waals surface area contributed by atoms with Crippen LogP contribution in [0.1, 0.15) is 11.1 Å². The van der Waals surface area contributed by atoms with Gasteiger partial charge in [0.15, 0.2) is 0 Å². The summed E-state index contributed by atoms with van der Waals surface area (Å²) in [6.45, 7) is 10.4. The Balaban J connectivity index is 1.15. The zero-order valence-corrected chi connectivity index (χ0v) is 20.0. The molecule has 0 bridgehead atoms. The summed E-state index contributed by atoms with van der Waals surface area (Å²) >= 11 is 0. The molecule has 2 N–H and O–H groups in total. The van der Waals surface area contributed by atoms with Crippen LogP contribution in [0.4, 0.5) is 0 Å². The van der Waals surface area contributed by atoms with Crippen molar-refractivity contribution in [2.24, 2.45) is 0 Å². The first-order valence-corrected chi connectivity index (χ1v) is 12.6. The van der Waals surface area contributed by atoms with Gasteiger partial charge in [-0.05, 0) is 44.8 Å². The van der Waals surface area contributed by atoms with Gasteiger partial charge in [-0.25, -0.2) is 0 Å². The number of hydrogen-bond acceptors (Lipinski definition) is 4. The Morgan fingerprint density at radius 2 is 0.853 bits per heavy atom. The Morgan fingerprint density at radius 3 is 1.26 bits per heavy atom. The lowest BCUT2D eigenvalue weighted by Gasteiger charge is -2.27. The van der Waals surface area contributed by atoms with Gasteiger partial charge in [-0.15, -0.1) is 0 Å². The molecule has 0 radical (unpaired) electrons. The van der Waals surface area contributed by atoms with Gasteiger partial charge in [0, 0.05) is 65.4 Å². The van der Waals surface area contributed by atoms with Crippen LogP contribution in [0.5, 0.6) is 0 Å². The van der Waals surface area contributed by atoms with E-state index in [4.69, 9.17) is 0 Å². The maximum absolute atomic E-state index is 3.69. The lowest BCUT2D eigenvalue weighted by atomic mass is 10.1. The second-order valence-electron chi connectivity index (χ2n) is 9.42. The Hall–Kier alpha value is -2.76. The molecule has 4 aromatic rings. The first-order chi connectivity index (χ1) is 16.8. The molecule has 176 valence electrons. The predicted molar refractivity (Wildman–Crippen MR) is 144 cm³/mol. The molecule has 0 spiro atoms. The lowest BCUT2D eigenvalue weighted by molar-refractivity contribution is 0.233. The van der Waals surface area contributed by atoms with Gasteiger partial charge in [0.2, 0.25) is 0 Å². The summed E-state index contributed by atoms with van der Waals surface area (Å²) in [6.07, 6.45) is 0.